The molecular formula is C22H38O. The summed E-state index contributed by atoms with van der Waals surface area (Å²) in [5, 5.41) is 0. The summed E-state index contributed by atoms with van der Waals surface area (Å²) in [7, 11) is 0. The number of rotatable bonds is 4. The zero-order valence-electron chi connectivity index (χ0n) is 15.3. The van der Waals surface area contributed by atoms with Crippen LogP contribution in [-0.4, -0.2) is 11.2 Å². The Balaban J connectivity index is 1.59. The van der Waals surface area contributed by atoms with Crippen molar-refractivity contribution in [2.45, 2.75) is 127 Å². The van der Waals surface area contributed by atoms with Gasteiger partial charge in [-0.2, -0.15) is 0 Å². The minimum atomic E-state index is 0.286. The van der Waals surface area contributed by atoms with Gasteiger partial charge >= 0.3 is 0 Å². The summed E-state index contributed by atoms with van der Waals surface area (Å²) >= 11 is 0. The Bertz CT molecular complexity index is 327. The van der Waals surface area contributed by atoms with E-state index in [4.69, 9.17) is 4.74 Å². The van der Waals surface area contributed by atoms with Crippen LogP contribution in [0.5, 0.6) is 0 Å². The molecule has 4 aliphatic carbocycles. The number of ether oxygens (including phenoxy) is 1. The Morgan fingerprint density at radius 1 is 0.435 bits per heavy atom. The first-order valence-corrected chi connectivity index (χ1v) is 11.0. The molecule has 4 saturated carbocycles. The van der Waals surface area contributed by atoms with Crippen LogP contribution in [0.15, 0.2) is 0 Å². The Labute approximate surface area is 143 Å². The van der Waals surface area contributed by atoms with E-state index in [1.807, 2.05) is 0 Å². The SMILES string of the molecule is C1CCC(OC2(C3CCCC3)CCCCC2)(C2CCCC2)CC1. The summed E-state index contributed by atoms with van der Waals surface area (Å²) in [4.78, 5) is 0. The number of hydrogen-bond donors (Lipinski definition) is 0. The summed E-state index contributed by atoms with van der Waals surface area (Å²) in [6.45, 7) is 0. The molecule has 1 nitrogen and oxygen atoms in total. The summed E-state index contributed by atoms with van der Waals surface area (Å²) in [6.07, 6.45) is 25.8. The van der Waals surface area contributed by atoms with E-state index in [1.54, 1.807) is 0 Å². The van der Waals surface area contributed by atoms with Crippen molar-refractivity contribution in [3.8, 4) is 0 Å². The Kier molecular flexibility index (Phi) is 5.04. The van der Waals surface area contributed by atoms with Crippen molar-refractivity contribution in [2.75, 3.05) is 0 Å². The average molecular weight is 319 g/mol. The molecule has 0 unspecified atom stereocenters. The standard InChI is InChI=1S/C22H38O/c1-7-15-21(16-8-1,19-11-3-4-12-19)23-22(17-9-2-10-18-22)20-13-5-6-14-20/h19-20H,1-18H2. The second kappa shape index (κ2) is 7.06. The molecule has 1 heteroatoms. The van der Waals surface area contributed by atoms with Gasteiger partial charge in [0.05, 0.1) is 11.2 Å². The summed E-state index contributed by atoms with van der Waals surface area (Å²) in [5.41, 5.74) is 0.573. The van der Waals surface area contributed by atoms with Gasteiger partial charge in [-0.05, 0) is 63.2 Å². The minimum absolute atomic E-state index is 0.286. The first kappa shape index (κ1) is 16.4. The van der Waals surface area contributed by atoms with Gasteiger partial charge in [-0.1, -0.05) is 64.2 Å². The van der Waals surface area contributed by atoms with E-state index in [0.29, 0.717) is 0 Å². The van der Waals surface area contributed by atoms with Crippen molar-refractivity contribution in [3.63, 3.8) is 0 Å². The highest BCUT2D eigenvalue weighted by molar-refractivity contribution is 5.00. The van der Waals surface area contributed by atoms with Crippen LogP contribution >= 0.6 is 0 Å². The van der Waals surface area contributed by atoms with Crippen LogP contribution in [0.2, 0.25) is 0 Å². The van der Waals surface area contributed by atoms with E-state index in [0.717, 1.165) is 11.8 Å². The molecular weight excluding hydrogens is 280 g/mol. The van der Waals surface area contributed by atoms with Gasteiger partial charge in [-0.3, -0.25) is 0 Å². The molecule has 0 saturated heterocycles. The summed E-state index contributed by atoms with van der Waals surface area (Å²) in [5.74, 6) is 1.78. The third-order valence-corrected chi connectivity index (χ3v) is 8.00. The van der Waals surface area contributed by atoms with Gasteiger partial charge in [0.1, 0.15) is 0 Å². The van der Waals surface area contributed by atoms with Gasteiger partial charge < -0.3 is 4.74 Å². The van der Waals surface area contributed by atoms with E-state index < -0.39 is 0 Å². The van der Waals surface area contributed by atoms with Crippen LogP contribution in [0, 0.1) is 11.8 Å². The molecule has 0 atom stereocenters. The van der Waals surface area contributed by atoms with E-state index in [1.165, 1.54) is 116 Å². The predicted octanol–water partition coefficient (Wildman–Crippen LogP) is 6.79. The van der Waals surface area contributed by atoms with Gasteiger partial charge in [0.15, 0.2) is 0 Å². The molecule has 0 aromatic heterocycles. The fourth-order valence-corrected chi connectivity index (χ4v) is 6.80. The molecule has 0 heterocycles. The largest absolute Gasteiger partial charge is 0.368 e. The van der Waals surface area contributed by atoms with Crippen molar-refractivity contribution in [2.24, 2.45) is 11.8 Å². The van der Waals surface area contributed by atoms with Crippen LogP contribution in [-0.2, 0) is 4.74 Å². The van der Waals surface area contributed by atoms with Crippen LogP contribution < -0.4 is 0 Å². The first-order chi connectivity index (χ1) is 11.3. The topological polar surface area (TPSA) is 9.23 Å². The van der Waals surface area contributed by atoms with Crippen molar-refractivity contribution in [3.05, 3.63) is 0 Å². The van der Waals surface area contributed by atoms with E-state index in [-0.39, 0.29) is 11.2 Å². The van der Waals surface area contributed by atoms with E-state index in [9.17, 15) is 0 Å². The first-order valence-electron chi connectivity index (χ1n) is 11.0. The summed E-state index contributed by atoms with van der Waals surface area (Å²) < 4.78 is 7.48. The zero-order valence-corrected chi connectivity index (χ0v) is 15.3. The van der Waals surface area contributed by atoms with Gasteiger partial charge in [-0.25, -0.2) is 0 Å². The molecule has 0 N–H and O–H groups in total. The van der Waals surface area contributed by atoms with Crippen molar-refractivity contribution in [1.82, 2.24) is 0 Å². The maximum absolute atomic E-state index is 7.48. The highest BCUT2D eigenvalue weighted by atomic mass is 16.5. The normalized spacial score (nSPS) is 32.3. The van der Waals surface area contributed by atoms with Gasteiger partial charge in [0, 0.05) is 0 Å². The fraction of sp³-hybridized carbons (Fsp3) is 1.00. The van der Waals surface area contributed by atoms with Crippen LogP contribution in [0.25, 0.3) is 0 Å². The highest BCUT2D eigenvalue weighted by Gasteiger charge is 2.51. The molecule has 0 aromatic rings. The third kappa shape index (κ3) is 3.24. The molecule has 0 aliphatic heterocycles. The zero-order chi connectivity index (χ0) is 15.6. The molecule has 4 aliphatic rings. The number of hydrogen-bond acceptors (Lipinski definition) is 1. The second-order valence-corrected chi connectivity index (χ2v) is 9.32. The smallest absolute Gasteiger partial charge is 0.0718 e. The van der Waals surface area contributed by atoms with Gasteiger partial charge in [0.25, 0.3) is 0 Å². The lowest BCUT2D eigenvalue weighted by molar-refractivity contribution is -0.227. The lowest BCUT2D eigenvalue weighted by Crippen LogP contribution is -2.53. The van der Waals surface area contributed by atoms with E-state index >= 15 is 0 Å². The maximum atomic E-state index is 7.48. The lowest BCUT2D eigenvalue weighted by Gasteiger charge is -2.53. The van der Waals surface area contributed by atoms with Crippen LogP contribution in [0.4, 0.5) is 0 Å². The Morgan fingerprint density at radius 3 is 1.13 bits per heavy atom. The van der Waals surface area contributed by atoms with Crippen LogP contribution in [0.1, 0.15) is 116 Å². The molecule has 0 aromatic carbocycles. The monoisotopic (exact) mass is 318 g/mol. The fourth-order valence-electron chi connectivity index (χ4n) is 6.80. The predicted molar refractivity (Wildman–Crippen MR) is 96.6 cm³/mol. The molecule has 0 radical (unpaired) electrons. The molecule has 4 rings (SSSR count). The highest BCUT2D eigenvalue weighted by Crippen LogP contribution is 2.53. The Hall–Kier alpha value is -0.0400. The van der Waals surface area contributed by atoms with Crippen molar-refractivity contribution >= 4 is 0 Å². The minimum Gasteiger partial charge on any atom is -0.368 e. The quantitative estimate of drug-likeness (QED) is 0.554. The summed E-state index contributed by atoms with van der Waals surface area (Å²) in [6, 6.07) is 0. The van der Waals surface area contributed by atoms with Crippen molar-refractivity contribution < 1.29 is 4.74 Å². The second-order valence-electron chi connectivity index (χ2n) is 9.32. The van der Waals surface area contributed by atoms with E-state index in [2.05, 4.69) is 0 Å². The molecule has 0 spiro atoms. The molecule has 4 fully saturated rings. The van der Waals surface area contributed by atoms with Crippen LogP contribution in [0.3, 0.4) is 0 Å². The van der Waals surface area contributed by atoms with Gasteiger partial charge in [-0.15, -0.1) is 0 Å². The molecule has 132 valence electrons. The van der Waals surface area contributed by atoms with Gasteiger partial charge in [0.2, 0.25) is 0 Å². The average Bonchev–Trinajstić information content (AvgIpc) is 3.31. The molecule has 0 amide bonds. The maximum Gasteiger partial charge on any atom is 0.0718 e. The third-order valence-electron chi connectivity index (χ3n) is 8.00. The molecule has 23 heavy (non-hydrogen) atoms. The lowest BCUT2D eigenvalue weighted by atomic mass is 9.70. The Morgan fingerprint density at radius 2 is 0.783 bits per heavy atom. The molecule has 0 bridgehead atoms. The van der Waals surface area contributed by atoms with Crippen molar-refractivity contribution in [1.29, 1.82) is 0 Å².